The van der Waals surface area contributed by atoms with Crippen molar-refractivity contribution in [1.29, 1.82) is 0 Å². The van der Waals surface area contributed by atoms with Gasteiger partial charge in [0.15, 0.2) is 0 Å². The summed E-state index contributed by atoms with van der Waals surface area (Å²) >= 11 is 3.04. The summed E-state index contributed by atoms with van der Waals surface area (Å²) in [6.45, 7) is 0. The molecule has 2 aromatic rings. The molecule has 6 heteroatoms. The van der Waals surface area contributed by atoms with Gasteiger partial charge in [0.05, 0.1) is 11.3 Å². The molecule has 2 rings (SSSR count). The van der Waals surface area contributed by atoms with Crippen LogP contribution in [0.3, 0.4) is 0 Å². The third kappa shape index (κ3) is 3.41. The maximum Gasteiger partial charge on any atom is 0.418 e. The lowest BCUT2D eigenvalue weighted by molar-refractivity contribution is -0.137. The Bertz CT molecular complexity index is 597. The number of hydrogen-bond donors (Lipinski definition) is 2. The summed E-state index contributed by atoms with van der Waals surface area (Å²) in [6, 6.07) is 10.5. The Morgan fingerprint density at radius 1 is 1.05 bits per heavy atom. The van der Waals surface area contributed by atoms with E-state index >= 15 is 0 Å². The van der Waals surface area contributed by atoms with Crippen molar-refractivity contribution in [1.82, 2.24) is 0 Å². The first kappa shape index (κ1) is 13.7. The van der Waals surface area contributed by atoms with Gasteiger partial charge in [0.25, 0.3) is 0 Å². The molecule has 100 valence electrons. The number of nitrogen functional groups attached to an aromatic ring is 1. The Hall–Kier alpha value is -1.69. The van der Waals surface area contributed by atoms with Crippen LogP contribution in [0.2, 0.25) is 0 Å². The second kappa shape index (κ2) is 5.13. The van der Waals surface area contributed by atoms with Crippen LogP contribution < -0.4 is 11.1 Å². The fourth-order valence-electron chi connectivity index (χ4n) is 1.63. The van der Waals surface area contributed by atoms with Gasteiger partial charge in [0.1, 0.15) is 0 Å². The fourth-order valence-corrected chi connectivity index (χ4v) is 1.99. The van der Waals surface area contributed by atoms with Crippen LogP contribution in [0.15, 0.2) is 46.9 Å². The zero-order valence-corrected chi connectivity index (χ0v) is 11.2. The van der Waals surface area contributed by atoms with Gasteiger partial charge in [-0.05, 0) is 36.4 Å². The van der Waals surface area contributed by atoms with Crippen molar-refractivity contribution in [3.63, 3.8) is 0 Å². The number of anilines is 3. The van der Waals surface area contributed by atoms with Crippen molar-refractivity contribution in [3.05, 3.63) is 52.5 Å². The highest BCUT2D eigenvalue weighted by molar-refractivity contribution is 9.10. The van der Waals surface area contributed by atoms with Gasteiger partial charge in [-0.2, -0.15) is 13.2 Å². The van der Waals surface area contributed by atoms with Gasteiger partial charge in [-0.25, -0.2) is 0 Å². The van der Waals surface area contributed by atoms with E-state index in [9.17, 15) is 13.2 Å². The molecule has 0 radical (unpaired) electrons. The molecule has 0 amide bonds. The van der Waals surface area contributed by atoms with Crippen LogP contribution in [0.5, 0.6) is 0 Å². The van der Waals surface area contributed by atoms with Gasteiger partial charge in [-0.1, -0.05) is 22.0 Å². The van der Waals surface area contributed by atoms with E-state index in [0.717, 1.165) is 6.07 Å². The van der Waals surface area contributed by atoms with Gasteiger partial charge < -0.3 is 11.1 Å². The van der Waals surface area contributed by atoms with Gasteiger partial charge in [0.2, 0.25) is 0 Å². The van der Waals surface area contributed by atoms with Crippen LogP contribution in [0.25, 0.3) is 0 Å². The SMILES string of the molecule is Nc1cccc(Nc2ccc(Br)cc2C(F)(F)F)c1. The number of hydrogen-bond acceptors (Lipinski definition) is 2. The summed E-state index contributed by atoms with van der Waals surface area (Å²) in [4.78, 5) is 0. The van der Waals surface area contributed by atoms with E-state index in [1.54, 1.807) is 30.3 Å². The molecule has 19 heavy (non-hydrogen) atoms. The van der Waals surface area contributed by atoms with Gasteiger partial charge >= 0.3 is 6.18 Å². The van der Waals surface area contributed by atoms with E-state index in [4.69, 9.17) is 5.73 Å². The van der Waals surface area contributed by atoms with Crippen molar-refractivity contribution in [2.24, 2.45) is 0 Å². The number of alkyl halides is 3. The summed E-state index contributed by atoms with van der Waals surface area (Å²) in [5, 5.41) is 2.73. The molecule has 0 aliphatic heterocycles. The molecule has 0 bridgehead atoms. The minimum absolute atomic E-state index is 0.0127. The molecule has 3 N–H and O–H groups in total. The third-order valence-corrected chi connectivity index (χ3v) is 2.95. The Labute approximate surface area is 116 Å². The van der Waals surface area contributed by atoms with Crippen molar-refractivity contribution >= 4 is 33.0 Å². The average molecular weight is 331 g/mol. The molecular weight excluding hydrogens is 321 g/mol. The predicted molar refractivity (Wildman–Crippen MR) is 73.3 cm³/mol. The van der Waals surface area contributed by atoms with E-state index in [2.05, 4.69) is 21.2 Å². The fraction of sp³-hybridized carbons (Fsp3) is 0.0769. The molecule has 0 aliphatic carbocycles. The summed E-state index contributed by atoms with van der Waals surface area (Å²) in [6.07, 6.45) is -4.42. The maximum atomic E-state index is 12.9. The van der Waals surface area contributed by atoms with Crippen molar-refractivity contribution < 1.29 is 13.2 Å². The molecular formula is C13H10BrF3N2. The highest BCUT2D eigenvalue weighted by Gasteiger charge is 2.33. The molecule has 0 saturated heterocycles. The predicted octanol–water partition coefficient (Wildman–Crippen LogP) is 4.79. The van der Waals surface area contributed by atoms with Crippen molar-refractivity contribution in [2.75, 3.05) is 11.1 Å². The van der Waals surface area contributed by atoms with Crippen LogP contribution in [0.4, 0.5) is 30.2 Å². The van der Waals surface area contributed by atoms with Crippen molar-refractivity contribution in [2.45, 2.75) is 6.18 Å². The van der Waals surface area contributed by atoms with E-state index in [-0.39, 0.29) is 5.69 Å². The molecule has 0 unspecified atom stereocenters. The van der Waals surface area contributed by atoms with Crippen LogP contribution in [0.1, 0.15) is 5.56 Å². The van der Waals surface area contributed by atoms with E-state index in [0.29, 0.717) is 15.8 Å². The maximum absolute atomic E-state index is 12.9. The van der Waals surface area contributed by atoms with Gasteiger partial charge in [-0.15, -0.1) is 0 Å². The van der Waals surface area contributed by atoms with Gasteiger partial charge in [0, 0.05) is 15.8 Å². The average Bonchev–Trinajstić information content (AvgIpc) is 2.30. The molecule has 2 nitrogen and oxygen atoms in total. The number of rotatable bonds is 2. The van der Waals surface area contributed by atoms with Crippen LogP contribution in [-0.4, -0.2) is 0 Å². The highest BCUT2D eigenvalue weighted by Crippen LogP contribution is 2.37. The first-order chi connectivity index (χ1) is 8.86. The largest absolute Gasteiger partial charge is 0.418 e. The Morgan fingerprint density at radius 3 is 2.42 bits per heavy atom. The molecule has 0 atom stereocenters. The third-order valence-electron chi connectivity index (χ3n) is 2.45. The van der Waals surface area contributed by atoms with Crippen LogP contribution in [0, 0.1) is 0 Å². The van der Waals surface area contributed by atoms with Crippen molar-refractivity contribution in [3.8, 4) is 0 Å². The van der Waals surface area contributed by atoms with Gasteiger partial charge in [-0.3, -0.25) is 0 Å². The molecule has 0 spiro atoms. The normalized spacial score (nSPS) is 11.4. The van der Waals surface area contributed by atoms with E-state index in [1.165, 1.54) is 6.07 Å². The lowest BCUT2D eigenvalue weighted by Gasteiger charge is -2.15. The number of nitrogens with one attached hydrogen (secondary N) is 1. The summed E-state index contributed by atoms with van der Waals surface area (Å²) in [5.74, 6) is 0. The number of nitrogens with two attached hydrogens (primary N) is 1. The molecule has 0 fully saturated rings. The minimum atomic E-state index is -4.42. The first-order valence-electron chi connectivity index (χ1n) is 5.35. The Morgan fingerprint density at radius 2 is 1.79 bits per heavy atom. The molecule has 0 aromatic heterocycles. The summed E-state index contributed by atoms with van der Waals surface area (Å²) < 4.78 is 39.1. The second-order valence-electron chi connectivity index (χ2n) is 3.94. The first-order valence-corrected chi connectivity index (χ1v) is 6.15. The molecule has 0 aliphatic rings. The van der Waals surface area contributed by atoms with Crippen LogP contribution in [-0.2, 0) is 6.18 Å². The topological polar surface area (TPSA) is 38.0 Å². The molecule has 0 heterocycles. The van der Waals surface area contributed by atoms with Crippen LogP contribution >= 0.6 is 15.9 Å². The quantitative estimate of drug-likeness (QED) is 0.776. The molecule has 2 aromatic carbocycles. The summed E-state index contributed by atoms with van der Waals surface area (Å²) in [7, 11) is 0. The number of halogens is 4. The standard InChI is InChI=1S/C13H10BrF3N2/c14-8-4-5-12(11(6-8)13(15,16)17)19-10-3-1-2-9(18)7-10/h1-7,19H,18H2. The Balaban J connectivity index is 2.40. The zero-order chi connectivity index (χ0) is 14.0. The number of benzene rings is 2. The van der Waals surface area contributed by atoms with E-state index < -0.39 is 11.7 Å². The summed E-state index contributed by atoms with van der Waals surface area (Å²) in [5.41, 5.74) is 5.84. The lowest BCUT2D eigenvalue weighted by Crippen LogP contribution is -2.08. The second-order valence-corrected chi connectivity index (χ2v) is 4.85. The Kier molecular flexibility index (Phi) is 3.71. The minimum Gasteiger partial charge on any atom is -0.399 e. The van der Waals surface area contributed by atoms with E-state index in [1.807, 2.05) is 0 Å². The lowest BCUT2D eigenvalue weighted by atomic mass is 10.1. The zero-order valence-electron chi connectivity index (χ0n) is 9.63. The molecule has 0 saturated carbocycles. The highest BCUT2D eigenvalue weighted by atomic mass is 79.9. The smallest absolute Gasteiger partial charge is 0.399 e. The monoisotopic (exact) mass is 330 g/mol.